The van der Waals surface area contributed by atoms with Gasteiger partial charge in [0, 0.05) is 20.0 Å². The number of aromatic nitrogens is 3. The van der Waals surface area contributed by atoms with Crippen molar-refractivity contribution in [3.8, 4) is 0 Å². The minimum atomic E-state index is -0.763. The number of thiocarbonyl (C=S) groups is 1. The molecule has 4 N–H and O–H groups in total. The van der Waals surface area contributed by atoms with Crippen LogP contribution in [0.3, 0.4) is 0 Å². The largest absolute Gasteiger partial charge is 0.392 e. The Morgan fingerprint density at radius 3 is 2.67 bits per heavy atom. The van der Waals surface area contributed by atoms with Gasteiger partial charge in [-0.1, -0.05) is 12.2 Å². The van der Waals surface area contributed by atoms with Crippen molar-refractivity contribution in [2.45, 2.75) is 6.42 Å². The van der Waals surface area contributed by atoms with Crippen LogP contribution in [-0.4, -0.2) is 44.7 Å². The molecule has 0 aliphatic carbocycles. The number of carbonyl (C=O) groups is 2. The molecule has 0 aromatic carbocycles. The van der Waals surface area contributed by atoms with Gasteiger partial charge in [0.05, 0.1) is 11.5 Å². The van der Waals surface area contributed by atoms with Crippen LogP contribution in [0.1, 0.15) is 5.82 Å². The summed E-state index contributed by atoms with van der Waals surface area (Å²) in [6, 6.07) is 0. The lowest BCUT2D eigenvalue weighted by atomic mass is 10.4. The second-order valence-corrected chi connectivity index (χ2v) is 4.04. The smallest absolute Gasteiger partial charge is 0.309 e. The summed E-state index contributed by atoms with van der Waals surface area (Å²) in [5.74, 6) is -0.770. The Hall–Kier alpha value is -2.03. The molecule has 0 aliphatic heterocycles. The Kier molecular flexibility index (Phi) is 5.18. The second-order valence-electron chi connectivity index (χ2n) is 3.51. The van der Waals surface area contributed by atoms with Gasteiger partial charge in [0.2, 0.25) is 0 Å². The van der Waals surface area contributed by atoms with Crippen molar-refractivity contribution >= 4 is 29.0 Å². The quantitative estimate of drug-likeness (QED) is 0.416. The zero-order chi connectivity index (χ0) is 13.5. The van der Waals surface area contributed by atoms with Crippen LogP contribution in [-0.2, 0) is 23.1 Å². The molecule has 98 valence electrons. The molecule has 0 atom stereocenters. The molecule has 1 rings (SSSR count). The number of rotatable bonds is 5. The Morgan fingerprint density at radius 2 is 2.11 bits per heavy atom. The molecular formula is C9H14N6O2S. The number of carbonyl (C=O) groups excluding carboxylic acids is 2. The molecule has 0 saturated carbocycles. The van der Waals surface area contributed by atoms with E-state index in [0.29, 0.717) is 13.0 Å². The summed E-state index contributed by atoms with van der Waals surface area (Å²) in [5.41, 5.74) is 5.19. The Morgan fingerprint density at radius 1 is 1.44 bits per heavy atom. The van der Waals surface area contributed by atoms with Gasteiger partial charge in [-0.25, -0.2) is 0 Å². The monoisotopic (exact) mass is 270 g/mol. The summed E-state index contributed by atoms with van der Waals surface area (Å²) in [5, 5.41) is 12.3. The molecule has 0 unspecified atom stereocenters. The van der Waals surface area contributed by atoms with Gasteiger partial charge in [0.25, 0.3) is 0 Å². The predicted molar refractivity (Wildman–Crippen MR) is 67.5 cm³/mol. The summed E-state index contributed by atoms with van der Waals surface area (Å²) in [6.45, 7) is 0.302. The summed E-state index contributed by atoms with van der Waals surface area (Å²) in [6.07, 6.45) is 2.05. The molecular weight excluding hydrogens is 256 g/mol. The van der Waals surface area contributed by atoms with Gasteiger partial charge in [-0.15, -0.1) is 10.2 Å². The number of hydrogen-bond donors (Lipinski definition) is 3. The SMILES string of the molecule is Cn1cnnc1CCNC(=O)C(=O)NCC(N)=S. The number of nitrogens with two attached hydrogens (primary N) is 1. The molecule has 0 aliphatic rings. The van der Waals surface area contributed by atoms with E-state index in [1.807, 2.05) is 0 Å². The molecule has 0 spiro atoms. The van der Waals surface area contributed by atoms with Crippen molar-refractivity contribution in [1.29, 1.82) is 0 Å². The number of amides is 2. The fraction of sp³-hybridized carbons (Fsp3) is 0.444. The Labute approximate surface area is 109 Å². The lowest BCUT2D eigenvalue weighted by molar-refractivity contribution is -0.139. The standard InChI is InChI=1S/C9H14N6O2S/c1-15-5-13-14-7(15)2-3-11-8(16)9(17)12-4-6(10)18/h5H,2-4H2,1H3,(H2,10,18)(H,11,16)(H,12,17). The van der Waals surface area contributed by atoms with E-state index in [-0.39, 0.29) is 11.5 Å². The van der Waals surface area contributed by atoms with Gasteiger partial charge in [-0.2, -0.15) is 0 Å². The average molecular weight is 270 g/mol. The van der Waals surface area contributed by atoms with E-state index >= 15 is 0 Å². The fourth-order valence-electron chi connectivity index (χ4n) is 1.15. The van der Waals surface area contributed by atoms with Crippen molar-refractivity contribution < 1.29 is 9.59 Å². The van der Waals surface area contributed by atoms with Gasteiger partial charge in [-0.3, -0.25) is 9.59 Å². The number of nitrogens with one attached hydrogen (secondary N) is 2. The molecule has 0 fully saturated rings. The number of hydrogen-bond acceptors (Lipinski definition) is 5. The minimum Gasteiger partial charge on any atom is -0.392 e. The highest BCUT2D eigenvalue weighted by molar-refractivity contribution is 7.80. The highest BCUT2D eigenvalue weighted by atomic mass is 32.1. The van der Waals surface area contributed by atoms with Gasteiger partial charge < -0.3 is 20.9 Å². The molecule has 1 heterocycles. The maximum absolute atomic E-state index is 11.3. The molecule has 18 heavy (non-hydrogen) atoms. The van der Waals surface area contributed by atoms with E-state index in [0.717, 1.165) is 5.82 Å². The molecule has 2 amide bonds. The third-order valence-corrected chi connectivity index (χ3v) is 2.21. The fourth-order valence-corrected chi connectivity index (χ4v) is 1.22. The molecule has 1 aromatic rings. The van der Waals surface area contributed by atoms with Gasteiger partial charge in [0.1, 0.15) is 12.2 Å². The van der Waals surface area contributed by atoms with E-state index < -0.39 is 11.8 Å². The van der Waals surface area contributed by atoms with Crippen LogP contribution in [0.4, 0.5) is 0 Å². The third kappa shape index (κ3) is 4.45. The zero-order valence-electron chi connectivity index (χ0n) is 9.84. The van der Waals surface area contributed by atoms with Crippen molar-refractivity contribution in [1.82, 2.24) is 25.4 Å². The van der Waals surface area contributed by atoms with Gasteiger partial charge >= 0.3 is 11.8 Å². The van der Waals surface area contributed by atoms with E-state index in [1.54, 1.807) is 17.9 Å². The first kappa shape index (κ1) is 14.0. The van der Waals surface area contributed by atoms with Crippen LogP contribution in [0.25, 0.3) is 0 Å². The average Bonchev–Trinajstić information content (AvgIpc) is 2.72. The van der Waals surface area contributed by atoms with Crippen molar-refractivity contribution in [2.24, 2.45) is 12.8 Å². The lowest BCUT2D eigenvalue weighted by Crippen LogP contribution is -2.43. The number of nitrogens with zero attached hydrogens (tertiary/aromatic N) is 3. The molecule has 0 bridgehead atoms. The van der Waals surface area contributed by atoms with Crippen LogP contribution in [0.2, 0.25) is 0 Å². The van der Waals surface area contributed by atoms with Crippen LogP contribution in [0, 0.1) is 0 Å². The van der Waals surface area contributed by atoms with Gasteiger partial charge in [0.15, 0.2) is 0 Å². The van der Waals surface area contributed by atoms with Gasteiger partial charge in [-0.05, 0) is 0 Å². The summed E-state index contributed by atoms with van der Waals surface area (Å²) < 4.78 is 1.74. The second kappa shape index (κ2) is 6.64. The van der Waals surface area contributed by atoms with E-state index in [9.17, 15) is 9.59 Å². The number of aryl methyl sites for hydroxylation is 1. The van der Waals surface area contributed by atoms with Crippen molar-refractivity contribution in [2.75, 3.05) is 13.1 Å². The van der Waals surface area contributed by atoms with E-state index in [2.05, 4.69) is 33.0 Å². The molecule has 8 nitrogen and oxygen atoms in total. The summed E-state index contributed by atoms with van der Waals surface area (Å²) in [7, 11) is 1.80. The summed E-state index contributed by atoms with van der Waals surface area (Å²) >= 11 is 4.57. The molecule has 9 heteroatoms. The molecule has 1 aromatic heterocycles. The van der Waals surface area contributed by atoms with Crippen LogP contribution in [0.5, 0.6) is 0 Å². The Bertz CT molecular complexity index is 458. The van der Waals surface area contributed by atoms with Crippen molar-refractivity contribution in [3.63, 3.8) is 0 Å². The zero-order valence-corrected chi connectivity index (χ0v) is 10.7. The molecule has 0 radical (unpaired) electrons. The van der Waals surface area contributed by atoms with Crippen LogP contribution < -0.4 is 16.4 Å². The highest BCUT2D eigenvalue weighted by Gasteiger charge is 2.12. The van der Waals surface area contributed by atoms with E-state index in [4.69, 9.17) is 5.73 Å². The first-order chi connectivity index (χ1) is 8.50. The minimum absolute atomic E-state index is 0.00483. The summed E-state index contributed by atoms with van der Waals surface area (Å²) in [4.78, 5) is 22.7. The first-order valence-electron chi connectivity index (χ1n) is 5.18. The first-order valence-corrected chi connectivity index (χ1v) is 5.58. The topological polar surface area (TPSA) is 115 Å². The predicted octanol–water partition coefficient (Wildman–Crippen LogP) is -2.12. The normalized spacial score (nSPS) is 9.83. The maximum Gasteiger partial charge on any atom is 0.309 e. The van der Waals surface area contributed by atoms with Crippen molar-refractivity contribution in [3.05, 3.63) is 12.2 Å². The lowest BCUT2D eigenvalue weighted by Gasteiger charge is -2.05. The highest BCUT2D eigenvalue weighted by Crippen LogP contribution is 1.90. The van der Waals surface area contributed by atoms with Crippen LogP contribution >= 0.6 is 12.2 Å². The maximum atomic E-state index is 11.3. The van der Waals surface area contributed by atoms with E-state index in [1.165, 1.54) is 0 Å². The molecule has 0 saturated heterocycles. The van der Waals surface area contributed by atoms with Crippen LogP contribution in [0.15, 0.2) is 6.33 Å². The Balaban J connectivity index is 2.27. The third-order valence-electron chi connectivity index (χ3n) is 2.07.